The van der Waals surface area contributed by atoms with Gasteiger partial charge in [0.1, 0.15) is 5.78 Å². The van der Waals surface area contributed by atoms with Gasteiger partial charge in [-0.2, -0.15) is 0 Å². The Morgan fingerprint density at radius 2 is 1.65 bits per heavy atom. The van der Waals surface area contributed by atoms with Gasteiger partial charge in [-0.1, -0.05) is 21.6 Å². The van der Waals surface area contributed by atoms with E-state index in [1.165, 1.54) is 21.6 Å². The molecule has 0 aliphatic heterocycles. The van der Waals surface area contributed by atoms with Gasteiger partial charge in [-0.25, -0.2) is 0 Å². The lowest BCUT2D eigenvalue weighted by molar-refractivity contribution is -0.120. The Hall–Kier alpha value is -0.240. The molecule has 0 aliphatic rings. The zero-order chi connectivity index (χ0) is 15.4. The third-order valence-corrected chi connectivity index (χ3v) is 5.77. The minimum atomic E-state index is -0.189. The lowest BCUT2D eigenvalue weighted by atomic mass is 10.2. The van der Waals surface area contributed by atoms with Crippen molar-refractivity contribution in [1.82, 2.24) is 5.32 Å². The fourth-order valence-corrected chi connectivity index (χ4v) is 3.59. The van der Waals surface area contributed by atoms with E-state index in [4.69, 9.17) is 9.47 Å². The molecular weight excluding hydrogens is 298 g/mol. The molecule has 1 N–H and O–H groups in total. The number of carbonyl (C=O) groups excluding carboxylic acids is 2. The number of nitrogens with one attached hydrogen (secondary N) is 1. The van der Waals surface area contributed by atoms with Crippen molar-refractivity contribution in [3.8, 4) is 0 Å². The van der Waals surface area contributed by atoms with Crippen molar-refractivity contribution >= 4 is 33.3 Å². The summed E-state index contributed by atoms with van der Waals surface area (Å²) in [5.74, 6) is 0.171. The van der Waals surface area contributed by atoms with Gasteiger partial charge in [-0.15, -0.1) is 0 Å². The predicted octanol–water partition coefficient (Wildman–Crippen LogP) is 1.90. The van der Waals surface area contributed by atoms with E-state index in [-0.39, 0.29) is 22.2 Å². The largest absolute Gasteiger partial charge is 0.385 e. The van der Waals surface area contributed by atoms with Crippen LogP contribution in [0.25, 0.3) is 0 Å². The second-order valence-corrected chi connectivity index (χ2v) is 7.28. The highest BCUT2D eigenvalue weighted by Gasteiger charge is 2.18. The fraction of sp³-hybridized carbons (Fsp3) is 0.846. The van der Waals surface area contributed by atoms with E-state index >= 15 is 0 Å². The zero-order valence-corrected chi connectivity index (χ0v) is 14.3. The van der Waals surface area contributed by atoms with Crippen LogP contribution in [0.4, 0.5) is 0 Å². The van der Waals surface area contributed by atoms with E-state index in [2.05, 4.69) is 5.32 Å². The second-order valence-electron chi connectivity index (χ2n) is 4.32. The average molecular weight is 323 g/mol. The number of hydrogen-bond donors (Lipinski definition) is 1. The molecule has 7 heteroatoms. The molecule has 20 heavy (non-hydrogen) atoms. The van der Waals surface area contributed by atoms with Crippen molar-refractivity contribution in [2.24, 2.45) is 0 Å². The zero-order valence-electron chi connectivity index (χ0n) is 12.6. The molecule has 0 fully saturated rings. The van der Waals surface area contributed by atoms with Gasteiger partial charge >= 0.3 is 0 Å². The molecule has 0 heterocycles. The number of hydrogen-bond acceptors (Lipinski definition) is 6. The van der Waals surface area contributed by atoms with Crippen LogP contribution in [0.2, 0.25) is 0 Å². The van der Waals surface area contributed by atoms with Gasteiger partial charge in [0.05, 0.1) is 17.1 Å². The van der Waals surface area contributed by atoms with Crippen LogP contribution in [0.15, 0.2) is 0 Å². The van der Waals surface area contributed by atoms with Gasteiger partial charge in [0, 0.05) is 33.8 Å². The summed E-state index contributed by atoms with van der Waals surface area (Å²) in [6.45, 7) is 5.33. The van der Waals surface area contributed by atoms with Crippen LogP contribution in [0.5, 0.6) is 0 Å². The highest BCUT2D eigenvalue weighted by molar-refractivity contribution is 8.77. The Morgan fingerprint density at radius 1 is 1.05 bits per heavy atom. The highest BCUT2D eigenvalue weighted by Crippen LogP contribution is 2.32. The summed E-state index contributed by atoms with van der Waals surface area (Å²) in [4.78, 5) is 23.5. The van der Waals surface area contributed by atoms with E-state index in [1.54, 1.807) is 14.2 Å². The van der Waals surface area contributed by atoms with Crippen molar-refractivity contribution in [3.63, 3.8) is 0 Å². The summed E-state index contributed by atoms with van der Waals surface area (Å²) in [6, 6.07) is 0. The Labute approximate surface area is 129 Å². The SMILES string of the molecule is COCCCC(=O)C(C)SSC(C)C(=O)NCCOC. The van der Waals surface area contributed by atoms with E-state index < -0.39 is 0 Å². The van der Waals surface area contributed by atoms with Gasteiger partial charge in [0.15, 0.2) is 0 Å². The molecule has 0 aromatic heterocycles. The standard InChI is InChI=1S/C13H25NO4S2/c1-10(12(15)6-5-8-17-3)19-20-11(2)13(16)14-7-9-18-4/h10-11H,5-9H2,1-4H3,(H,14,16). The second kappa shape index (κ2) is 12.5. The van der Waals surface area contributed by atoms with Crippen LogP contribution in [0, 0.1) is 0 Å². The smallest absolute Gasteiger partial charge is 0.233 e. The summed E-state index contributed by atoms with van der Waals surface area (Å²) in [5.41, 5.74) is 0. The van der Waals surface area contributed by atoms with Gasteiger partial charge in [-0.05, 0) is 20.3 Å². The molecule has 0 aliphatic carbocycles. The molecular formula is C13H25NO4S2. The monoisotopic (exact) mass is 323 g/mol. The molecule has 2 unspecified atom stereocenters. The Kier molecular flexibility index (Phi) is 12.3. The molecule has 0 spiro atoms. The molecule has 0 aromatic carbocycles. The third-order valence-electron chi connectivity index (χ3n) is 2.54. The minimum Gasteiger partial charge on any atom is -0.385 e. The lowest BCUT2D eigenvalue weighted by Gasteiger charge is -2.14. The predicted molar refractivity (Wildman–Crippen MR) is 85.1 cm³/mol. The van der Waals surface area contributed by atoms with Crippen LogP contribution in [-0.4, -0.2) is 56.2 Å². The number of methoxy groups -OCH3 is 2. The number of ketones is 1. The van der Waals surface area contributed by atoms with Crippen LogP contribution >= 0.6 is 21.6 Å². The fourth-order valence-electron chi connectivity index (χ4n) is 1.28. The average Bonchev–Trinajstić information content (AvgIpc) is 2.44. The molecule has 0 aromatic rings. The first kappa shape index (κ1) is 19.8. The summed E-state index contributed by atoms with van der Waals surface area (Å²) < 4.78 is 9.79. The molecule has 0 saturated heterocycles. The Morgan fingerprint density at radius 3 is 2.25 bits per heavy atom. The van der Waals surface area contributed by atoms with E-state index in [9.17, 15) is 9.59 Å². The molecule has 0 saturated carbocycles. The van der Waals surface area contributed by atoms with E-state index in [0.29, 0.717) is 26.2 Å². The minimum absolute atomic E-state index is 0.0291. The third kappa shape index (κ3) is 9.63. The van der Waals surface area contributed by atoms with E-state index in [0.717, 1.165) is 6.42 Å². The Balaban J connectivity index is 3.83. The van der Waals surface area contributed by atoms with Crippen LogP contribution in [0.1, 0.15) is 26.7 Å². The van der Waals surface area contributed by atoms with Gasteiger partial charge < -0.3 is 14.8 Å². The maximum atomic E-state index is 11.8. The molecule has 0 bridgehead atoms. The first-order valence-electron chi connectivity index (χ1n) is 6.63. The van der Waals surface area contributed by atoms with Crippen LogP contribution < -0.4 is 5.32 Å². The van der Waals surface area contributed by atoms with Crippen molar-refractivity contribution < 1.29 is 19.1 Å². The molecule has 1 amide bonds. The topological polar surface area (TPSA) is 64.6 Å². The molecule has 118 valence electrons. The van der Waals surface area contributed by atoms with Gasteiger partial charge in [0.25, 0.3) is 0 Å². The van der Waals surface area contributed by atoms with Crippen molar-refractivity contribution in [1.29, 1.82) is 0 Å². The Bertz CT molecular complexity index is 262. The van der Waals surface area contributed by atoms with Crippen molar-refractivity contribution in [2.45, 2.75) is 37.2 Å². The summed E-state index contributed by atoms with van der Waals surface area (Å²) in [6.07, 6.45) is 1.27. The number of ether oxygens (including phenoxy) is 2. The van der Waals surface area contributed by atoms with Crippen molar-refractivity contribution in [3.05, 3.63) is 0 Å². The number of Topliss-reactive ketones (excluding diaryl/α,β-unsaturated/α-hetero) is 1. The summed E-state index contributed by atoms with van der Waals surface area (Å²) in [5, 5.41) is 2.48. The van der Waals surface area contributed by atoms with Gasteiger partial charge in [-0.3, -0.25) is 9.59 Å². The maximum Gasteiger partial charge on any atom is 0.233 e. The normalized spacial score (nSPS) is 13.8. The maximum absolute atomic E-state index is 11.8. The highest BCUT2D eigenvalue weighted by atomic mass is 33.1. The summed E-state index contributed by atoms with van der Waals surface area (Å²) in [7, 11) is 6.10. The molecule has 0 rings (SSSR count). The molecule has 5 nitrogen and oxygen atoms in total. The van der Waals surface area contributed by atoms with E-state index in [1.807, 2.05) is 13.8 Å². The molecule has 2 atom stereocenters. The van der Waals surface area contributed by atoms with Crippen LogP contribution in [0.3, 0.4) is 0 Å². The number of amides is 1. The van der Waals surface area contributed by atoms with Gasteiger partial charge in [0.2, 0.25) is 5.91 Å². The van der Waals surface area contributed by atoms with Crippen molar-refractivity contribution in [2.75, 3.05) is 34.0 Å². The lowest BCUT2D eigenvalue weighted by Crippen LogP contribution is -2.33. The first-order chi connectivity index (χ1) is 9.52. The first-order valence-corrected chi connectivity index (χ1v) is 8.91. The molecule has 0 radical (unpaired) electrons. The quantitative estimate of drug-likeness (QED) is 0.437. The summed E-state index contributed by atoms with van der Waals surface area (Å²) >= 11 is 0. The van der Waals surface area contributed by atoms with Crippen LogP contribution in [-0.2, 0) is 19.1 Å². The number of carbonyl (C=O) groups is 2. The number of rotatable bonds is 12.